The zero-order valence-electron chi connectivity index (χ0n) is 4.85. The van der Waals surface area contributed by atoms with E-state index in [2.05, 4.69) is 23.3 Å². The van der Waals surface area contributed by atoms with Crippen LogP contribution in [-0.2, 0) is 0 Å². The molecule has 0 aromatic heterocycles. The molecule has 8 heavy (non-hydrogen) atoms. The van der Waals surface area contributed by atoms with E-state index in [1.165, 1.54) is 0 Å². The SMILES string of the molecule is SCCNC1CNC1. The molecule has 1 aliphatic heterocycles. The van der Waals surface area contributed by atoms with Gasteiger partial charge in [0.25, 0.3) is 0 Å². The van der Waals surface area contributed by atoms with Crippen molar-refractivity contribution in [2.75, 3.05) is 25.4 Å². The predicted octanol–water partition coefficient (Wildman–Crippen LogP) is -0.522. The van der Waals surface area contributed by atoms with Gasteiger partial charge in [-0.25, -0.2) is 0 Å². The molecule has 0 radical (unpaired) electrons. The van der Waals surface area contributed by atoms with E-state index in [0.29, 0.717) is 0 Å². The van der Waals surface area contributed by atoms with Crippen LogP contribution in [0.2, 0.25) is 0 Å². The van der Waals surface area contributed by atoms with Gasteiger partial charge < -0.3 is 10.6 Å². The van der Waals surface area contributed by atoms with Gasteiger partial charge in [0.2, 0.25) is 0 Å². The molecule has 2 nitrogen and oxygen atoms in total. The fourth-order valence-electron chi connectivity index (χ4n) is 0.702. The van der Waals surface area contributed by atoms with Crippen LogP contribution in [0.15, 0.2) is 0 Å². The Labute approximate surface area is 55.4 Å². The van der Waals surface area contributed by atoms with Crippen molar-refractivity contribution in [3.63, 3.8) is 0 Å². The quantitative estimate of drug-likeness (QED) is 0.450. The van der Waals surface area contributed by atoms with E-state index in [4.69, 9.17) is 0 Å². The van der Waals surface area contributed by atoms with Gasteiger partial charge >= 0.3 is 0 Å². The molecule has 1 heterocycles. The Morgan fingerprint density at radius 3 is 2.75 bits per heavy atom. The Balaban J connectivity index is 1.86. The lowest BCUT2D eigenvalue weighted by molar-refractivity contribution is 0.375. The topological polar surface area (TPSA) is 24.1 Å². The van der Waals surface area contributed by atoms with Gasteiger partial charge in [0.15, 0.2) is 0 Å². The first-order valence-corrected chi connectivity index (χ1v) is 3.61. The molecule has 2 N–H and O–H groups in total. The summed E-state index contributed by atoms with van der Waals surface area (Å²) in [7, 11) is 0. The predicted molar refractivity (Wildman–Crippen MR) is 38.5 cm³/mol. The van der Waals surface area contributed by atoms with Crippen molar-refractivity contribution in [1.29, 1.82) is 0 Å². The molecule has 1 saturated heterocycles. The molecule has 0 amide bonds. The molecule has 1 fully saturated rings. The van der Waals surface area contributed by atoms with Gasteiger partial charge in [-0.15, -0.1) is 0 Å². The lowest BCUT2D eigenvalue weighted by Crippen LogP contribution is -2.55. The smallest absolute Gasteiger partial charge is 0.0317 e. The van der Waals surface area contributed by atoms with Crippen molar-refractivity contribution in [2.45, 2.75) is 6.04 Å². The van der Waals surface area contributed by atoms with Crippen LogP contribution in [0.5, 0.6) is 0 Å². The van der Waals surface area contributed by atoms with Crippen molar-refractivity contribution < 1.29 is 0 Å². The van der Waals surface area contributed by atoms with Crippen LogP contribution >= 0.6 is 12.6 Å². The van der Waals surface area contributed by atoms with Gasteiger partial charge in [0.05, 0.1) is 0 Å². The molecule has 0 spiro atoms. The zero-order valence-corrected chi connectivity index (χ0v) is 5.75. The van der Waals surface area contributed by atoms with Gasteiger partial charge in [-0.1, -0.05) is 0 Å². The molecule has 0 aromatic rings. The molecule has 1 aliphatic rings. The van der Waals surface area contributed by atoms with E-state index in [0.717, 1.165) is 31.4 Å². The Kier molecular flexibility index (Phi) is 2.66. The Morgan fingerprint density at radius 1 is 1.62 bits per heavy atom. The summed E-state index contributed by atoms with van der Waals surface area (Å²) < 4.78 is 0. The minimum Gasteiger partial charge on any atom is -0.314 e. The van der Waals surface area contributed by atoms with Gasteiger partial charge in [-0.3, -0.25) is 0 Å². The first-order valence-electron chi connectivity index (χ1n) is 2.98. The highest BCUT2D eigenvalue weighted by Crippen LogP contribution is 1.88. The monoisotopic (exact) mass is 132 g/mol. The number of thiol groups is 1. The second-order valence-electron chi connectivity index (χ2n) is 2.03. The lowest BCUT2D eigenvalue weighted by Gasteiger charge is -2.27. The highest BCUT2D eigenvalue weighted by molar-refractivity contribution is 7.80. The first-order chi connectivity index (χ1) is 3.93. The molecule has 0 aliphatic carbocycles. The fraction of sp³-hybridized carbons (Fsp3) is 1.00. The van der Waals surface area contributed by atoms with Crippen LogP contribution in [0.1, 0.15) is 0 Å². The summed E-state index contributed by atoms with van der Waals surface area (Å²) in [5.41, 5.74) is 0. The minimum atomic E-state index is 0.724. The second kappa shape index (κ2) is 3.33. The highest BCUT2D eigenvalue weighted by atomic mass is 32.1. The van der Waals surface area contributed by atoms with Crippen molar-refractivity contribution in [1.82, 2.24) is 10.6 Å². The van der Waals surface area contributed by atoms with Crippen LogP contribution < -0.4 is 10.6 Å². The molecule has 0 aromatic carbocycles. The van der Waals surface area contributed by atoms with Crippen molar-refractivity contribution in [3.05, 3.63) is 0 Å². The molecule has 0 saturated carbocycles. The van der Waals surface area contributed by atoms with E-state index in [-0.39, 0.29) is 0 Å². The second-order valence-corrected chi connectivity index (χ2v) is 2.48. The fourth-order valence-corrected chi connectivity index (χ4v) is 0.831. The Bertz CT molecular complexity index is 63.4. The Hall–Kier alpha value is 0.270. The van der Waals surface area contributed by atoms with Crippen molar-refractivity contribution in [3.8, 4) is 0 Å². The third-order valence-corrected chi connectivity index (χ3v) is 1.55. The summed E-state index contributed by atoms with van der Waals surface area (Å²) in [5, 5.41) is 6.51. The molecule has 0 atom stereocenters. The normalized spacial score (nSPS) is 20.6. The zero-order chi connectivity index (χ0) is 5.82. The van der Waals surface area contributed by atoms with Gasteiger partial charge in [0.1, 0.15) is 0 Å². The number of rotatable bonds is 3. The summed E-state index contributed by atoms with van der Waals surface area (Å²) >= 11 is 4.08. The molecule has 1 rings (SSSR count). The lowest BCUT2D eigenvalue weighted by atomic mass is 10.2. The number of hydrogen-bond donors (Lipinski definition) is 3. The van der Waals surface area contributed by atoms with Crippen LogP contribution in [0.4, 0.5) is 0 Å². The van der Waals surface area contributed by atoms with E-state index in [1.807, 2.05) is 0 Å². The molecule has 0 unspecified atom stereocenters. The number of nitrogens with one attached hydrogen (secondary N) is 2. The number of hydrogen-bond acceptors (Lipinski definition) is 3. The standard InChI is InChI=1S/C5H12N2S/c8-2-1-7-5-3-6-4-5/h5-8H,1-4H2. The van der Waals surface area contributed by atoms with Crippen molar-refractivity contribution in [2.24, 2.45) is 0 Å². The van der Waals surface area contributed by atoms with Crippen LogP contribution in [0.25, 0.3) is 0 Å². The Morgan fingerprint density at radius 2 is 2.38 bits per heavy atom. The maximum absolute atomic E-state index is 4.08. The highest BCUT2D eigenvalue weighted by Gasteiger charge is 2.13. The summed E-state index contributed by atoms with van der Waals surface area (Å²) in [6.45, 7) is 3.30. The van der Waals surface area contributed by atoms with Crippen molar-refractivity contribution >= 4 is 12.6 Å². The van der Waals surface area contributed by atoms with E-state index < -0.39 is 0 Å². The largest absolute Gasteiger partial charge is 0.314 e. The van der Waals surface area contributed by atoms with Crippen LogP contribution in [0, 0.1) is 0 Å². The molecular formula is C5H12N2S. The van der Waals surface area contributed by atoms with Gasteiger partial charge in [-0.05, 0) is 0 Å². The summed E-state index contributed by atoms with van der Waals surface area (Å²) in [4.78, 5) is 0. The van der Waals surface area contributed by atoms with Crippen LogP contribution in [0.3, 0.4) is 0 Å². The van der Waals surface area contributed by atoms with E-state index in [9.17, 15) is 0 Å². The van der Waals surface area contributed by atoms with Gasteiger partial charge in [0, 0.05) is 31.4 Å². The summed E-state index contributed by atoms with van der Waals surface area (Å²) in [5.74, 6) is 0.941. The average molecular weight is 132 g/mol. The summed E-state index contributed by atoms with van der Waals surface area (Å²) in [6.07, 6.45) is 0. The van der Waals surface area contributed by atoms with Gasteiger partial charge in [-0.2, -0.15) is 12.6 Å². The maximum atomic E-state index is 4.08. The third kappa shape index (κ3) is 1.65. The molecule has 0 bridgehead atoms. The summed E-state index contributed by atoms with van der Waals surface area (Å²) in [6, 6.07) is 0.724. The van der Waals surface area contributed by atoms with Crippen LogP contribution in [-0.4, -0.2) is 31.4 Å². The first kappa shape index (κ1) is 6.39. The molecule has 3 heteroatoms. The van der Waals surface area contributed by atoms with E-state index in [1.54, 1.807) is 0 Å². The van der Waals surface area contributed by atoms with E-state index >= 15 is 0 Å². The molecular weight excluding hydrogens is 120 g/mol. The molecule has 48 valence electrons. The third-order valence-electron chi connectivity index (χ3n) is 1.33. The minimum absolute atomic E-state index is 0.724. The average Bonchev–Trinajstić information content (AvgIpc) is 1.63. The maximum Gasteiger partial charge on any atom is 0.0317 e.